The molecule has 3 heteroatoms. The molecule has 1 fully saturated rings. The maximum Gasteiger partial charge on any atom is 0.0894 e. The summed E-state index contributed by atoms with van der Waals surface area (Å²) in [6.07, 6.45) is 1.20. The Morgan fingerprint density at radius 3 is 2.56 bits per heavy atom. The largest absolute Gasteiger partial charge is 0.374 e. The van der Waals surface area contributed by atoms with E-state index >= 15 is 0 Å². The van der Waals surface area contributed by atoms with Gasteiger partial charge in [-0.05, 0) is 24.1 Å². The monoisotopic (exact) mass is 248 g/mol. The van der Waals surface area contributed by atoms with Gasteiger partial charge in [-0.25, -0.2) is 0 Å². The molecular weight excluding hydrogens is 224 g/mol. The minimum Gasteiger partial charge on any atom is -0.374 e. The molecule has 1 heterocycles. The van der Waals surface area contributed by atoms with E-state index in [9.17, 15) is 0 Å². The van der Waals surface area contributed by atoms with Gasteiger partial charge in [0.15, 0.2) is 0 Å². The Morgan fingerprint density at radius 2 is 2.00 bits per heavy atom. The first-order valence-electron chi connectivity index (χ1n) is 6.94. The fraction of sp³-hybridized carbons (Fsp3) is 0.600. The number of likely N-dealkylation sites (N-methyl/N-ethyl adjacent to an activating group) is 1. The number of rotatable bonds is 4. The van der Waals surface area contributed by atoms with Crippen LogP contribution in [0.2, 0.25) is 0 Å². The molecule has 2 N–H and O–H groups in total. The smallest absolute Gasteiger partial charge is 0.0894 e. The van der Waals surface area contributed by atoms with E-state index in [2.05, 4.69) is 43.0 Å². The van der Waals surface area contributed by atoms with Gasteiger partial charge in [-0.3, -0.25) is 4.90 Å². The van der Waals surface area contributed by atoms with Crippen molar-refractivity contribution < 1.29 is 4.74 Å². The Morgan fingerprint density at radius 1 is 1.28 bits per heavy atom. The highest BCUT2D eigenvalue weighted by Crippen LogP contribution is 2.29. The lowest BCUT2D eigenvalue weighted by Crippen LogP contribution is -2.48. The highest BCUT2D eigenvalue weighted by molar-refractivity contribution is 5.26. The van der Waals surface area contributed by atoms with Crippen LogP contribution < -0.4 is 5.73 Å². The van der Waals surface area contributed by atoms with Gasteiger partial charge < -0.3 is 10.5 Å². The Bertz CT molecular complexity index is 351. The summed E-state index contributed by atoms with van der Waals surface area (Å²) in [5.74, 6) is 0. The summed E-state index contributed by atoms with van der Waals surface area (Å²) >= 11 is 0. The van der Waals surface area contributed by atoms with Gasteiger partial charge in [-0.15, -0.1) is 0 Å². The van der Waals surface area contributed by atoms with Crippen molar-refractivity contribution in [2.24, 2.45) is 5.73 Å². The lowest BCUT2D eigenvalue weighted by atomic mass is 9.96. The lowest BCUT2D eigenvalue weighted by Gasteiger charge is -2.40. The van der Waals surface area contributed by atoms with E-state index in [1.807, 2.05) is 0 Å². The Kier molecular flexibility index (Phi) is 4.75. The zero-order chi connectivity index (χ0) is 13.0. The van der Waals surface area contributed by atoms with Crippen LogP contribution in [0.3, 0.4) is 0 Å². The van der Waals surface area contributed by atoms with Crippen molar-refractivity contribution in [1.29, 1.82) is 0 Å². The normalized spacial score (nSPS) is 25.3. The number of nitrogens with zero attached hydrogens (tertiary/aromatic N) is 1. The fourth-order valence-corrected chi connectivity index (χ4v) is 2.71. The maximum absolute atomic E-state index is 5.85. The van der Waals surface area contributed by atoms with E-state index < -0.39 is 0 Å². The number of benzene rings is 1. The molecule has 18 heavy (non-hydrogen) atoms. The van der Waals surface area contributed by atoms with Gasteiger partial charge >= 0.3 is 0 Å². The number of hydrogen-bond donors (Lipinski definition) is 1. The van der Waals surface area contributed by atoms with E-state index in [0.29, 0.717) is 12.6 Å². The molecule has 0 radical (unpaired) electrons. The van der Waals surface area contributed by atoms with Crippen LogP contribution in [0, 0.1) is 0 Å². The van der Waals surface area contributed by atoms with Crippen LogP contribution in [0.4, 0.5) is 0 Å². The summed E-state index contributed by atoms with van der Waals surface area (Å²) in [5, 5.41) is 0. The maximum atomic E-state index is 5.85. The van der Waals surface area contributed by atoms with Gasteiger partial charge in [0.2, 0.25) is 0 Å². The third-order valence-corrected chi connectivity index (χ3v) is 3.82. The van der Waals surface area contributed by atoms with E-state index in [0.717, 1.165) is 26.1 Å². The lowest BCUT2D eigenvalue weighted by molar-refractivity contribution is -0.0658. The van der Waals surface area contributed by atoms with Crippen LogP contribution >= 0.6 is 0 Å². The summed E-state index contributed by atoms with van der Waals surface area (Å²) in [5.41, 5.74) is 8.55. The van der Waals surface area contributed by atoms with E-state index in [1.165, 1.54) is 11.1 Å². The quantitative estimate of drug-likeness (QED) is 0.885. The minimum absolute atomic E-state index is 0.117. The standard InChI is InChI=1S/C15H24N2O/c1-3-12-5-7-13(8-6-12)15-14(11-16)18-10-9-17(15)4-2/h5-8,14-15H,3-4,9-11,16H2,1-2H3. The molecule has 2 atom stereocenters. The molecule has 0 aromatic heterocycles. The van der Waals surface area contributed by atoms with Crippen LogP contribution in [0.5, 0.6) is 0 Å². The number of aryl methyl sites for hydroxylation is 1. The van der Waals surface area contributed by atoms with Crippen molar-refractivity contribution in [2.45, 2.75) is 32.4 Å². The zero-order valence-corrected chi connectivity index (χ0v) is 11.4. The second-order valence-corrected chi connectivity index (χ2v) is 4.81. The van der Waals surface area contributed by atoms with Gasteiger partial charge in [-0.1, -0.05) is 38.1 Å². The van der Waals surface area contributed by atoms with Crippen molar-refractivity contribution in [3.8, 4) is 0 Å². The summed E-state index contributed by atoms with van der Waals surface area (Å²) in [6, 6.07) is 9.18. The van der Waals surface area contributed by atoms with Crippen LogP contribution in [-0.2, 0) is 11.2 Å². The number of nitrogens with two attached hydrogens (primary N) is 1. The first-order valence-corrected chi connectivity index (χ1v) is 6.94. The Balaban J connectivity index is 2.24. The molecule has 1 aliphatic rings. The second-order valence-electron chi connectivity index (χ2n) is 4.81. The van der Waals surface area contributed by atoms with Crippen molar-refractivity contribution in [2.75, 3.05) is 26.2 Å². The molecule has 1 aliphatic heterocycles. The third kappa shape index (κ3) is 2.74. The predicted octanol–water partition coefficient (Wildman–Crippen LogP) is 1.97. The van der Waals surface area contributed by atoms with Crippen LogP contribution in [0.1, 0.15) is 31.0 Å². The molecule has 0 spiro atoms. The molecule has 0 aliphatic carbocycles. The number of ether oxygens (including phenoxy) is 1. The van der Waals surface area contributed by atoms with Crippen molar-refractivity contribution in [3.63, 3.8) is 0 Å². The minimum atomic E-state index is 0.117. The molecule has 1 aromatic rings. The Labute approximate surface area is 110 Å². The van der Waals surface area contributed by atoms with Gasteiger partial charge in [0, 0.05) is 13.1 Å². The molecule has 100 valence electrons. The van der Waals surface area contributed by atoms with Crippen molar-refractivity contribution in [1.82, 2.24) is 4.90 Å². The van der Waals surface area contributed by atoms with Crippen LogP contribution in [0.15, 0.2) is 24.3 Å². The van der Waals surface area contributed by atoms with Gasteiger partial charge in [0.1, 0.15) is 0 Å². The van der Waals surface area contributed by atoms with E-state index in [4.69, 9.17) is 10.5 Å². The first-order chi connectivity index (χ1) is 8.80. The average molecular weight is 248 g/mol. The molecule has 0 bridgehead atoms. The fourth-order valence-electron chi connectivity index (χ4n) is 2.71. The molecule has 0 amide bonds. The number of morpholine rings is 1. The first kappa shape index (κ1) is 13.5. The highest BCUT2D eigenvalue weighted by Gasteiger charge is 2.31. The molecule has 0 saturated carbocycles. The zero-order valence-electron chi connectivity index (χ0n) is 11.4. The molecule has 2 unspecified atom stereocenters. The highest BCUT2D eigenvalue weighted by atomic mass is 16.5. The summed E-state index contributed by atoms with van der Waals surface area (Å²) < 4.78 is 5.82. The summed E-state index contributed by atoms with van der Waals surface area (Å²) in [6.45, 7) is 7.79. The molecule has 1 aromatic carbocycles. The molecule has 3 nitrogen and oxygen atoms in total. The Hall–Kier alpha value is -0.900. The third-order valence-electron chi connectivity index (χ3n) is 3.82. The van der Waals surface area contributed by atoms with Crippen molar-refractivity contribution in [3.05, 3.63) is 35.4 Å². The van der Waals surface area contributed by atoms with E-state index in [-0.39, 0.29) is 6.10 Å². The molecular formula is C15H24N2O. The molecule has 1 saturated heterocycles. The van der Waals surface area contributed by atoms with Gasteiger partial charge in [-0.2, -0.15) is 0 Å². The molecule has 2 rings (SSSR count). The van der Waals surface area contributed by atoms with Gasteiger partial charge in [0.05, 0.1) is 18.8 Å². The average Bonchev–Trinajstić information content (AvgIpc) is 2.46. The second kappa shape index (κ2) is 6.32. The van der Waals surface area contributed by atoms with Gasteiger partial charge in [0.25, 0.3) is 0 Å². The van der Waals surface area contributed by atoms with Crippen molar-refractivity contribution >= 4 is 0 Å². The van der Waals surface area contributed by atoms with E-state index in [1.54, 1.807) is 0 Å². The summed E-state index contributed by atoms with van der Waals surface area (Å²) in [7, 11) is 0. The predicted molar refractivity (Wildman–Crippen MR) is 74.6 cm³/mol. The number of hydrogen-bond acceptors (Lipinski definition) is 3. The van der Waals surface area contributed by atoms with Crippen LogP contribution in [0.25, 0.3) is 0 Å². The van der Waals surface area contributed by atoms with Crippen LogP contribution in [-0.4, -0.2) is 37.2 Å². The topological polar surface area (TPSA) is 38.5 Å². The summed E-state index contributed by atoms with van der Waals surface area (Å²) in [4.78, 5) is 2.46. The SMILES string of the molecule is CCc1ccc(C2C(CN)OCCN2CC)cc1.